The average Bonchev–Trinajstić information content (AvgIpc) is 2.67. The quantitative estimate of drug-likeness (QED) is 0.649. The number of benzene rings is 2. The second-order valence-corrected chi connectivity index (χ2v) is 6.47. The lowest BCUT2D eigenvalue weighted by Gasteiger charge is -2.17. The zero-order valence-electron chi connectivity index (χ0n) is 15.6. The zero-order valence-corrected chi connectivity index (χ0v) is 15.6. The van der Waals surface area contributed by atoms with Gasteiger partial charge < -0.3 is 15.2 Å². The molecule has 0 aliphatic carbocycles. The highest BCUT2D eigenvalue weighted by atomic mass is 16.5. The minimum atomic E-state index is 0.379. The zero-order chi connectivity index (χ0) is 18.7. The third-order valence-corrected chi connectivity index (χ3v) is 4.45. The van der Waals surface area contributed by atoms with E-state index >= 15 is 0 Å². The van der Waals surface area contributed by atoms with Gasteiger partial charge in [-0.25, -0.2) is 0 Å². The fourth-order valence-electron chi connectivity index (χ4n) is 3.15. The van der Waals surface area contributed by atoms with Crippen LogP contribution >= 0.6 is 0 Å². The van der Waals surface area contributed by atoms with Gasteiger partial charge in [0, 0.05) is 23.0 Å². The van der Waals surface area contributed by atoms with Crippen LogP contribution in [0.25, 0.3) is 22.4 Å². The SMILES string of the molecule is COc1ccc(-c2ncccc2-c2cc(N)ccc2C(C)C)cc1OC. The molecule has 0 atom stereocenters. The molecule has 26 heavy (non-hydrogen) atoms. The first kappa shape index (κ1) is 17.8. The normalized spacial score (nSPS) is 10.8. The number of hydrogen-bond donors (Lipinski definition) is 1. The molecule has 3 aromatic rings. The summed E-state index contributed by atoms with van der Waals surface area (Å²) < 4.78 is 10.8. The maximum atomic E-state index is 6.08. The summed E-state index contributed by atoms with van der Waals surface area (Å²) in [6.45, 7) is 4.36. The topological polar surface area (TPSA) is 57.4 Å². The van der Waals surface area contributed by atoms with E-state index in [0.717, 1.165) is 28.1 Å². The van der Waals surface area contributed by atoms with E-state index in [1.165, 1.54) is 5.56 Å². The van der Waals surface area contributed by atoms with Crippen LogP contribution in [0.2, 0.25) is 0 Å². The maximum Gasteiger partial charge on any atom is 0.161 e. The standard InChI is InChI=1S/C22H24N2O2/c1-14(2)17-9-8-16(23)13-19(17)18-6-5-11-24-22(18)15-7-10-20(25-3)21(12-15)26-4/h5-14H,23H2,1-4H3. The first-order valence-electron chi connectivity index (χ1n) is 8.62. The predicted octanol–water partition coefficient (Wildman–Crippen LogP) is 5.14. The fraction of sp³-hybridized carbons (Fsp3) is 0.227. The molecule has 0 aliphatic heterocycles. The molecule has 4 heteroatoms. The molecule has 0 aliphatic rings. The highest BCUT2D eigenvalue weighted by Crippen LogP contribution is 2.38. The van der Waals surface area contributed by atoms with E-state index in [1.54, 1.807) is 20.4 Å². The second-order valence-electron chi connectivity index (χ2n) is 6.47. The monoisotopic (exact) mass is 348 g/mol. The highest BCUT2D eigenvalue weighted by Gasteiger charge is 2.16. The number of ether oxygens (including phenoxy) is 2. The van der Waals surface area contributed by atoms with Crippen molar-refractivity contribution < 1.29 is 9.47 Å². The van der Waals surface area contributed by atoms with Gasteiger partial charge in [-0.1, -0.05) is 26.0 Å². The van der Waals surface area contributed by atoms with E-state index in [1.807, 2.05) is 36.4 Å². The molecule has 4 nitrogen and oxygen atoms in total. The van der Waals surface area contributed by atoms with Crippen molar-refractivity contribution >= 4 is 5.69 Å². The number of nitrogens with zero attached hydrogens (tertiary/aromatic N) is 1. The number of aromatic nitrogens is 1. The minimum Gasteiger partial charge on any atom is -0.493 e. The number of nitrogen functional groups attached to an aromatic ring is 1. The molecule has 0 radical (unpaired) electrons. The molecule has 134 valence electrons. The summed E-state index contributed by atoms with van der Waals surface area (Å²) in [4.78, 5) is 4.65. The molecule has 0 amide bonds. The Morgan fingerprint density at radius 2 is 1.65 bits per heavy atom. The van der Waals surface area contributed by atoms with Crippen molar-refractivity contribution in [3.05, 3.63) is 60.3 Å². The van der Waals surface area contributed by atoms with Crippen LogP contribution in [0.1, 0.15) is 25.3 Å². The van der Waals surface area contributed by atoms with Crippen molar-refractivity contribution in [2.45, 2.75) is 19.8 Å². The van der Waals surface area contributed by atoms with Crippen LogP contribution in [0.15, 0.2) is 54.7 Å². The summed E-state index contributed by atoms with van der Waals surface area (Å²) in [5.74, 6) is 1.75. The Hall–Kier alpha value is -3.01. The minimum absolute atomic E-state index is 0.379. The fourth-order valence-corrected chi connectivity index (χ4v) is 3.15. The third kappa shape index (κ3) is 3.36. The molecule has 1 aromatic heterocycles. The molecular formula is C22H24N2O2. The Labute approximate surface area is 154 Å². The van der Waals surface area contributed by atoms with Gasteiger partial charge in [0.25, 0.3) is 0 Å². The van der Waals surface area contributed by atoms with E-state index in [4.69, 9.17) is 15.2 Å². The summed E-state index contributed by atoms with van der Waals surface area (Å²) in [5, 5.41) is 0. The molecule has 2 N–H and O–H groups in total. The van der Waals surface area contributed by atoms with Crippen molar-refractivity contribution in [3.63, 3.8) is 0 Å². The summed E-state index contributed by atoms with van der Waals surface area (Å²) >= 11 is 0. The number of hydrogen-bond acceptors (Lipinski definition) is 4. The van der Waals surface area contributed by atoms with E-state index in [9.17, 15) is 0 Å². The van der Waals surface area contributed by atoms with Crippen molar-refractivity contribution in [1.82, 2.24) is 4.98 Å². The highest BCUT2D eigenvalue weighted by molar-refractivity contribution is 5.84. The third-order valence-electron chi connectivity index (χ3n) is 4.45. The molecule has 3 rings (SSSR count). The Balaban J connectivity index is 2.21. The van der Waals surface area contributed by atoms with Gasteiger partial charge in [0.2, 0.25) is 0 Å². The van der Waals surface area contributed by atoms with Crippen LogP contribution < -0.4 is 15.2 Å². The summed E-state index contributed by atoms with van der Waals surface area (Å²) in [7, 11) is 3.26. The predicted molar refractivity (Wildman–Crippen MR) is 107 cm³/mol. The van der Waals surface area contributed by atoms with Gasteiger partial charge in [0.15, 0.2) is 11.5 Å². The smallest absolute Gasteiger partial charge is 0.161 e. The first-order chi connectivity index (χ1) is 12.5. The summed E-state index contributed by atoms with van der Waals surface area (Å²) in [5.41, 5.74) is 12.1. The summed E-state index contributed by atoms with van der Waals surface area (Å²) in [6.07, 6.45) is 1.80. The lowest BCUT2D eigenvalue weighted by molar-refractivity contribution is 0.355. The number of anilines is 1. The molecule has 0 spiro atoms. The lowest BCUT2D eigenvalue weighted by Crippen LogP contribution is -1.98. The van der Waals surface area contributed by atoms with Crippen molar-refractivity contribution in [2.24, 2.45) is 0 Å². The van der Waals surface area contributed by atoms with Crippen LogP contribution in [-0.4, -0.2) is 19.2 Å². The Morgan fingerprint density at radius 3 is 2.35 bits per heavy atom. The van der Waals surface area contributed by atoms with Crippen molar-refractivity contribution in [3.8, 4) is 33.9 Å². The van der Waals surface area contributed by atoms with Gasteiger partial charge in [-0.3, -0.25) is 4.98 Å². The van der Waals surface area contributed by atoms with Gasteiger partial charge >= 0.3 is 0 Å². The van der Waals surface area contributed by atoms with Crippen LogP contribution in [0.5, 0.6) is 11.5 Å². The molecule has 0 saturated carbocycles. The molecule has 0 fully saturated rings. The summed E-state index contributed by atoms with van der Waals surface area (Å²) in [6, 6.07) is 15.9. The van der Waals surface area contributed by atoms with Crippen LogP contribution in [-0.2, 0) is 0 Å². The molecule has 1 heterocycles. The van der Waals surface area contributed by atoms with Gasteiger partial charge in [0.1, 0.15) is 0 Å². The Bertz CT molecular complexity index is 920. The average molecular weight is 348 g/mol. The van der Waals surface area contributed by atoms with Gasteiger partial charge in [-0.05, 0) is 53.4 Å². The molecule has 2 aromatic carbocycles. The van der Waals surface area contributed by atoms with Gasteiger partial charge in [-0.15, -0.1) is 0 Å². The van der Waals surface area contributed by atoms with Crippen molar-refractivity contribution in [1.29, 1.82) is 0 Å². The second kappa shape index (κ2) is 7.48. The van der Waals surface area contributed by atoms with Crippen LogP contribution in [0, 0.1) is 0 Å². The van der Waals surface area contributed by atoms with Crippen molar-refractivity contribution in [2.75, 3.05) is 20.0 Å². The first-order valence-corrected chi connectivity index (χ1v) is 8.62. The Morgan fingerprint density at radius 1 is 0.885 bits per heavy atom. The molecule has 0 bridgehead atoms. The van der Waals surface area contributed by atoms with E-state index in [2.05, 4.69) is 31.0 Å². The molecular weight excluding hydrogens is 324 g/mol. The Kier molecular flexibility index (Phi) is 5.12. The van der Waals surface area contributed by atoms with Gasteiger partial charge in [-0.2, -0.15) is 0 Å². The van der Waals surface area contributed by atoms with Gasteiger partial charge in [0.05, 0.1) is 19.9 Å². The molecule has 0 saturated heterocycles. The number of nitrogens with two attached hydrogens (primary N) is 1. The van der Waals surface area contributed by atoms with E-state index in [0.29, 0.717) is 17.4 Å². The van der Waals surface area contributed by atoms with E-state index in [-0.39, 0.29) is 0 Å². The van der Waals surface area contributed by atoms with Crippen LogP contribution in [0.4, 0.5) is 5.69 Å². The largest absolute Gasteiger partial charge is 0.493 e. The van der Waals surface area contributed by atoms with Crippen LogP contribution in [0.3, 0.4) is 0 Å². The number of rotatable bonds is 5. The molecule has 0 unspecified atom stereocenters. The number of methoxy groups -OCH3 is 2. The lowest BCUT2D eigenvalue weighted by atomic mass is 9.90. The maximum absolute atomic E-state index is 6.08. The number of pyridine rings is 1. The van der Waals surface area contributed by atoms with E-state index < -0.39 is 0 Å².